The lowest BCUT2D eigenvalue weighted by Gasteiger charge is -2.31. The summed E-state index contributed by atoms with van der Waals surface area (Å²) in [7, 11) is 0. The molecule has 0 aliphatic carbocycles. The van der Waals surface area contributed by atoms with Crippen LogP contribution in [0.25, 0.3) is 0 Å². The Labute approximate surface area is 156 Å². The number of hydrogen-bond donors (Lipinski definition) is 1. The maximum Gasteiger partial charge on any atom is 0.223 e. The van der Waals surface area contributed by atoms with E-state index < -0.39 is 0 Å². The van der Waals surface area contributed by atoms with E-state index in [-0.39, 0.29) is 18.4 Å². The van der Waals surface area contributed by atoms with Gasteiger partial charge in [-0.2, -0.15) is 0 Å². The smallest absolute Gasteiger partial charge is 0.223 e. The fourth-order valence-electron chi connectivity index (χ4n) is 3.87. The number of nitrogens with zero attached hydrogens (tertiary/aromatic N) is 1. The monoisotopic (exact) mass is 370 g/mol. The molecule has 1 aromatic rings. The predicted molar refractivity (Wildman–Crippen MR) is 102 cm³/mol. The first-order chi connectivity index (χ1) is 11.2. The predicted octanol–water partition coefficient (Wildman–Crippen LogP) is 4.60. The molecule has 3 nitrogen and oxygen atoms in total. The van der Waals surface area contributed by atoms with Crippen LogP contribution < -0.4 is 5.32 Å². The summed E-state index contributed by atoms with van der Waals surface area (Å²) in [6, 6.07) is 8.27. The lowest BCUT2D eigenvalue weighted by molar-refractivity contribution is -0.134. The van der Waals surface area contributed by atoms with Crippen LogP contribution in [0.1, 0.15) is 56.6 Å². The minimum atomic E-state index is 0. The molecule has 0 saturated carbocycles. The molecule has 2 heterocycles. The van der Waals surface area contributed by atoms with Crippen molar-refractivity contribution in [2.45, 2.75) is 51.0 Å². The highest BCUT2D eigenvalue weighted by Crippen LogP contribution is 2.32. The molecular weight excluding hydrogens is 343 g/mol. The quantitative estimate of drug-likeness (QED) is 0.839. The zero-order valence-corrected chi connectivity index (χ0v) is 15.7. The molecule has 0 spiro atoms. The van der Waals surface area contributed by atoms with Crippen LogP contribution in [-0.2, 0) is 4.79 Å². The fraction of sp³-hybridized carbons (Fsp3) is 0.632. The van der Waals surface area contributed by atoms with E-state index in [2.05, 4.69) is 22.3 Å². The zero-order chi connectivity index (χ0) is 16.1. The van der Waals surface area contributed by atoms with Gasteiger partial charge in [0.25, 0.3) is 0 Å². The molecule has 1 N–H and O–H groups in total. The van der Waals surface area contributed by atoms with Crippen LogP contribution in [0.2, 0.25) is 5.02 Å². The molecular formula is C19H28Cl2N2O. The lowest BCUT2D eigenvalue weighted by atomic mass is 9.99. The number of amides is 1. The number of nitrogens with one attached hydrogen (secondary N) is 1. The van der Waals surface area contributed by atoms with E-state index in [4.69, 9.17) is 11.6 Å². The summed E-state index contributed by atoms with van der Waals surface area (Å²) in [6.07, 6.45) is 7.54. The molecule has 2 saturated heterocycles. The largest absolute Gasteiger partial charge is 0.336 e. The Kier molecular flexibility index (Phi) is 7.86. The van der Waals surface area contributed by atoms with Crippen LogP contribution in [0.5, 0.6) is 0 Å². The van der Waals surface area contributed by atoms with Gasteiger partial charge < -0.3 is 10.2 Å². The van der Waals surface area contributed by atoms with Crippen LogP contribution in [0.4, 0.5) is 0 Å². The molecule has 24 heavy (non-hydrogen) atoms. The molecule has 0 aromatic heterocycles. The minimum absolute atomic E-state index is 0. The number of carbonyl (C=O) groups is 1. The van der Waals surface area contributed by atoms with E-state index in [9.17, 15) is 4.79 Å². The standard InChI is InChI=1S/C19H27ClN2O.ClH/c20-17-8-6-16(7-9-17)18-4-2-1-3-13-22(18)19(23)10-5-15-11-12-21-14-15;/h6-9,15,18,21H,1-5,10-14H2;1H. The van der Waals surface area contributed by atoms with Crippen molar-refractivity contribution in [3.8, 4) is 0 Å². The van der Waals surface area contributed by atoms with E-state index in [0.29, 0.717) is 18.2 Å². The first kappa shape index (κ1) is 19.6. The van der Waals surface area contributed by atoms with Crippen LogP contribution >= 0.6 is 24.0 Å². The van der Waals surface area contributed by atoms with Crippen LogP contribution in [-0.4, -0.2) is 30.4 Å². The molecule has 3 rings (SSSR count). The Morgan fingerprint density at radius 1 is 1.17 bits per heavy atom. The van der Waals surface area contributed by atoms with Gasteiger partial charge in [0, 0.05) is 18.0 Å². The maximum absolute atomic E-state index is 12.8. The average molecular weight is 371 g/mol. The van der Waals surface area contributed by atoms with E-state index in [1.165, 1.54) is 24.8 Å². The van der Waals surface area contributed by atoms with Crippen molar-refractivity contribution in [3.05, 3.63) is 34.9 Å². The summed E-state index contributed by atoms with van der Waals surface area (Å²) in [5, 5.41) is 4.15. The van der Waals surface area contributed by atoms with E-state index in [0.717, 1.165) is 43.9 Å². The van der Waals surface area contributed by atoms with Gasteiger partial charge in [0.2, 0.25) is 5.91 Å². The van der Waals surface area contributed by atoms with Crippen molar-refractivity contribution in [2.75, 3.05) is 19.6 Å². The van der Waals surface area contributed by atoms with Gasteiger partial charge in [-0.25, -0.2) is 0 Å². The molecule has 2 aliphatic rings. The number of rotatable bonds is 4. The molecule has 2 fully saturated rings. The fourth-order valence-corrected chi connectivity index (χ4v) is 4.00. The van der Waals surface area contributed by atoms with Gasteiger partial charge in [-0.1, -0.05) is 36.6 Å². The Bertz CT molecular complexity index is 515. The van der Waals surface area contributed by atoms with Crippen molar-refractivity contribution in [2.24, 2.45) is 5.92 Å². The Balaban J connectivity index is 0.00000208. The molecule has 0 radical (unpaired) electrons. The van der Waals surface area contributed by atoms with Gasteiger partial charge >= 0.3 is 0 Å². The second-order valence-electron chi connectivity index (χ2n) is 6.90. The highest BCUT2D eigenvalue weighted by Gasteiger charge is 2.27. The SMILES string of the molecule is Cl.O=C(CCC1CCNC1)N1CCCCCC1c1ccc(Cl)cc1. The van der Waals surface area contributed by atoms with Crippen molar-refractivity contribution >= 4 is 29.9 Å². The summed E-state index contributed by atoms with van der Waals surface area (Å²) < 4.78 is 0. The second-order valence-corrected chi connectivity index (χ2v) is 7.34. The number of hydrogen-bond acceptors (Lipinski definition) is 2. The summed E-state index contributed by atoms with van der Waals surface area (Å²) >= 11 is 6.02. The number of likely N-dealkylation sites (tertiary alicyclic amines) is 1. The molecule has 134 valence electrons. The zero-order valence-electron chi connectivity index (χ0n) is 14.2. The van der Waals surface area contributed by atoms with Gasteiger partial charge in [-0.3, -0.25) is 4.79 Å². The molecule has 2 unspecified atom stereocenters. The number of carbonyl (C=O) groups excluding carboxylic acids is 1. The van der Waals surface area contributed by atoms with Crippen LogP contribution in [0.15, 0.2) is 24.3 Å². The highest BCUT2D eigenvalue weighted by atomic mass is 35.5. The summed E-state index contributed by atoms with van der Waals surface area (Å²) in [5.41, 5.74) is 1.23. The van der Waals surface area contributed by atoms with Crippen molar-refractivity contribution in [1.82, 2.24) is 10.2 Å². The molecule has 1 aromatic carbocycles. The normalized spacial score (nSPS) is 24.3. The van der Waals surface area contributed by atoms with Crippen molar-refractivity contribution in [1.29, 1.82) is 0 Å². The first-order valence-corrected chi connectivity index (χ1v) is 9.37. The Morgan fingerprint density at radius 3 is 2.67 bits per heavy atom. The van der Waals surface area contributed by atoms with Crippen LogP contribution in [0.3, 0.4) is 0 Å². The molecule has 2 atom stereocenters. The summed E-state index contributed by atoms with van der Waals surface area (Å²) in [6.45, 7) is 3.08. The van der Waals surface area contributed by atoms with Gasteiger partial charge in [-0.15, -0.1) is 12.4 Å². The Morgan fingerprint density at radius 2 is 1.96 bits per heavy atom. The van der Waals surface area contributed by atoms with Gasteiger partial charge in [0.15, 0.2) is 0 Å². The molecule has 2 aliphatic heterocycles. The minimum Gasteiger partial charge on any atom is -0.336 e. The summed E-state index contributed by atoms with van der Waals surface area (Å²) in [4.78, 5) is 15.0. The van der Waals surface area contributed by atoms with E-state index in [1.807, 2.05) is 12.1 Å². The number of halogens is 2. The number of benzene rings is 1. The third-order valence-electron chi connectivity index (χ3n) is 5.26. The Hall–Kier alpha value is -0.770. The van der Waals surface area contributed by atoms with Gasteiger partial charge in [0.1, 0.15) is 0 Å². The van der Waals surface area contributed by atoms with Gasteiger partial charge in [0.05, 0.1) is 6.04 Å². The highest BCUT2D eigenvalue weighted by molar-refractivity contribution is 6.30. The van der Waals surface area contributed by atoms with E-state index in [1.54, 1.807) is 0 Å². The average Bonchev–Trinajstić information content (AvgIpc) is 2.96. The third-order valence-corrected chi connectivity index (χ3v) is 5.51. The van der Waals surface area contributed by atoms with Crippen LogP contribution in [0, 0.1) is 5.92 Å². The van der Waals surface area contributed by atoms with E-state index >= 15 is 0 Å². The maximum atomic E-state index is 12.8. The van der Waals surface area contributed by atoms with Gasteiger partial charge in [-0.05, 0) is 62.4 Å². The summed E-state index contributed by atoms with van der Waals surface area (Å²) in [5.74, 6) is 1.01. The third kappa shape index (κ3) is 5.11. The first-order valence-electron chi connectivity index (χ1n) is 8.99. The molecule has 5 heteroatoms. The molecule has 0 bridgehead atoms. The second kappa shape index (κ2) is 9.65. The van der Waals surface area contributed by atoms with Crippen molar-refractivity contribution in [3.63, 3.8) is 0 Å². The molecule has 1 amide bonds. The topological polar surface area (TPSA) is 32.3 Å². The lowest BCUT2D eigenvalue weighted by Crippen LogP contribution is -2.35. The van der Waals surface area contributed by atoms with Crippen molar-refractivity contribution < 1.29 is 4.79 Å².